The van der Waals surface area contributed by atoms with E-state index in [1.54, 1.807) is 0 Å². The number of benzene rings is 2. The monoisotopic (exact) mass is 444 g/mol. The van der Waals surface area contributed by atoms with E-state index < -0.39 is 0 Å². The molecule has 0 aliphatic heterocycles. The molecule has 98 valence electrons. The second-order valence-electron chi connectivity index (χ2n) is 3.87. The fraction of sp³-hybridized carbons (Fsp3) is 0.0667. The zero-order valence-electron chi connectivity index (χ0n) is 10.00. The number of hydrogen-bond acceptors (Lipinski definition) is 1. The van der Waals surface area contributed by atoms with Crippen LogP contribution in [0.25, 0.3) is 6.08 Å². The van der Waals surface area contributed by atoms with Gasteiger partial charge in [0.1, 0.15) is 12.4 Å². The molecule has 0 spiro atoms. The summed E-state index contributed by atoms with van der Waals surface area (Å²) in [5.41, 5.74) is 2.21. The topological polar surface area (TPSA) is 9.23 Å². The lowest BCUT2D eigenvalue weighted by molar-refractivity contribution is 0.303. The zero-order valence-corrected chi connectivity index (χ0v) is 14.8. The quantitative estimate of drug-likeness (QED) is 0.508. The minimum Gasteiger partial charge on any atom is -0.488 e. The Hall–Kier alpha value is -0.580. The molecule has 0 fully saturated rings. The highest BCUT2D eigenvalue weighted by molar-refractivity contribution is 9.14. The Kier molecular flexibility index (Phi) is 5.25. The van der Waals surface area contributed by atoms with E-state index >= 15 is 0 Å². The van der Waals surface area contributed by atoms with Gasteiger partial charge in [0.05, 0.1) is 4.47 Å². The van der Waals surface area contributed by atoms with Crippen molar-refractivity contribution in [3.63, 3.8) is 0 Å². The van der Waals surface area contributed by atoms with Crippen molar-refractivity contribution < 1.29 is 4.74 Å². The van der Waals surface area contributed by atoms with Crippen molar-refractivity contribution in [3.05, 3.63) is 67.5 Å². The fourth-order valence-corrected chi connectivity index (χ4v) is 3.02. The predicted octanol–water partition coefficient (Wildman–Crippen LogP) is 6.20. The maximum Gasteiger partial charge on any atom is 0.135 e. The number of halogens is 3. The minimum absolute atomic E-state index is 0.509. The first-order valence-corrected chi connectivity index (χ1v) is 7.98. The first kappa shape index (κ1) is 14.8. The molecular formula is C15H11Br3O. The van der Waals surface area contributed by atoms with Crippen molar-refractivity contribution in [2.75, 3.05) is 0 Å². The summed E-state index contributed by atoms with van der Waals surface area (Å²) in [4.78, 5) is 0. The highest BCUT2D eigenvalue weighted by atomic mass is 79.9. The van der Waals surface area contributed by atoms with Crippen LogP contribution >= 0.6 is 47.8 Å². The van der Waals surface area contributed by atoms with E-state index in [4.69, 9.17) is 4.74 Å². The van der Waals surface area contributed by atoms with E-state index in [2.05, 4.69) is 54.4 Å². The van der Waals surface area contributed by atoms with Crippen LogP contribution in [0.5, 0.6) is 5.75 Å². The molecule has 0 aliphatic carbocycles. The van der Waals surface area contributed by atoms with Crippen LogP contribution in [0.1, 0.15) is 11.1 Å². The Morgan fingerprint density at radius 3 is 2.47 bits per heavy atom. The summed E-state index contributed by atoms with van der Waals surface area (Å²) in [5.74, 6) is 0.800. The molecule has 0 bridgehead atoms. The summed E-state index contributed by atoms with van der Waals surface area (Å²) in [6, 6.07) is 11.9. The number of ether oxygens (including phenoxy) is 1. The molecule has 0 unspecified atom stereocenters. The van der Waals surface area contributed by atoms with Gasteiger partial charge >= 0.3 is 0 Å². The van der Waals surface area contributed by atoms with E-state index in [9.17, 15) is 0 Å². The lowest BCUT2D eigenvalue weighted by atomic mass is 10.1. The van der Waals surface area contributed by atoms with Crippen molar-refractivity contribution in [2.24, 2.45) is 0 Å². The third-order valence-corrected chi connectivity index (χ3v) is 5.99. The van der Waals surface area contributed by atoms with Gasteiger partial charge in [-0.1, -0.05) is 36.9 Å². The smallest absolute Gasteiger partial charge is 0.135 e. The van der Waals surface area contributed by atoms with Crippen LogP contribution in [-0.2, 0) is 6.61 Å². The van der Waals surface area contributed by atoms with Gasteiger partial charge in [-0.25, -0.2) is 0 Å². The largest absolute Gasteiger partial charge is 0.488 e. The van der Waals surface area contributed by atoms with Crippen molar-refractivity contribution in [2.45, 2.75) is 6.61 Å². The van der Waals surface area contributed by atoms with Crippen molar-refractivity contribution in [1.29, 1.82) is 0 Å². The molecule has 0 saturated carbocycles. The Balaban J connectivity index is 2.19. The van der Waals surface area contributed by atoms with Crippen LogP contribution in [0.15, 0.2) is 56.4 Å². The molecule has 0 amide bonds. The van der Waals surface area contributed by atoms with Gasteiger partial charge in [0.15, 0.2) is 0 Å². The van der Waals surface area contributed by atoms with Crippen LogP contribution in [-0.4, -0.2) is 0 Å². The lowest BCUT2D eigenvalue weighted by Crippen LogP contribution is -1.98. The van der Waals surface area contributed by atoms with Gasteiger partial charge in [0.2, 0.25) is 0 Å². The molecule has 0 saturated heterocycles. The summed E-state index contributed by atoms with van der Waals surface area (Å²) < 4.78 is 8.69. The summed E-state index contributed by atoms with van der Waals surface area (Å²) in [6.07, 6.45) is 1.84. The Morgan fingerprint density at radius 2 is 1.74 bits per heavy atom. The molecule has 19 heavy (non-hydrogen) atoms. The molecule has 0 radical (unpaired) electrons. The van der Waals surface area contributed by atoms with E-state index in [1.807, 2.05) is 42.5 Å². The van der Waals surface area contributed by atoms with Gasteiger partial charge < -0.3 is 4.74 Å². The maximum absolute atomic E-state index is 5.86. The Bertz CT molecular complexity index is 608. The SMILES string of the molecule is C=Cc1ccccc1COc1ccc(Br)c(Br)c1Br. The molecule has 4 heteroatoms. The highest BCUT2D eigenvalue weighted by Crippen LogP contribution is 2.38. The second-order valence-corrected chi connectivity index (χ2v) is 6.31. The third-order valence-electron chi connectivity index (χ3n) is 2.66. The molecule has 0 heterocycles. The van der Waals surface area contributed by atoms with E-state index in [0.717, 1.165) is 30.3 Å². The molecular weight excluding hydrogens is 436 g/mol. The molecule has 0 aliphatic rings. The molecule has 2 rings (SSSR count). The zero-order chi connectivity index (χ0) is 13.8. The summed E-state index contributed by atoms with van der Waals surface area (Å²) >= 11 is 10.5. The normalized spacial score (nSPS) is 10.3. The van der Waals surface area contributed by atoms with Crippen LogP contribution in [0, 0.1) is 0 Å². The van der Waals surface area contributed by atoms with Gasteiger partial charge in [-0.2, -0.15) is 0 Å². The summed E-state index contributed by atoms with van der Waals surface area (Å²) in [6.45, 7) is 4.32. The van der Waals surface area contributed by atoms with Gasteiger partial charge in [-0.05, 0) is 71.0 Å². The van der Waals surface area contributed by atoms with E-state index in [0.29, 0.717) is 6.61 Å². The number of rotatable bonds is 4. The first-order valence-electron chi connectivity index (χ1n) is 5.60. The average molecular weight is 447 g/mol. The van der Waals surface area contributed by atoms with Gasteiger partial charge in [-0.15, -0.1) is 0 Å². The van der Waals surface area contributed by atoms with Gasteiger partial charge in [0.25, 0.3) is 0 Å². The predicted molar refractivity (Wildman–Crippen MR) is 90.4 cm³/mol. The van der Waals surface area contributed by atoms with E-state index in [-0.39, 0.29) is 0 Å². The summed E-state index contributed by atoms with van der Waals surface area (Å²) in [7, 11) is 0. The molecule has 2 aromatic rings. The maximum atomic E-state index is 5.86. The lowest BCUT2D eigenvalue weighted by Gasteiger charge is -2.11. The van der Waals surface area contributed by atoms with Crippen LogP contribution < -0.4 is 4.74 Å². The molecule has 0 atom stereocenters. The van der Waals surface area contributed by atoms with Crippen molar-refractivity contribution in [1.82, 2.24) is 0 Å². The average Bonchev–Trinajstić information content (AvgIpc) is 2.44. The fourth-order valence-electron chi connectivity index (χ4n) is 1.64. The Morgan fingerprint density at radius 1 is 1.00 bits per heavy atom. The van der Waals surface area contributed by atoms with E-state index in [1.165, 1.54) is 0 Å². The van der Waals surface area contributed by atoms with Crippen molar-refractivity contribution in [3.8, 4) is 5.75 Å². The second kappa shape index (κ2) is 6.73. The summed E-state index contributed by atoms with van der Waals surface area (Å²) in [5, 5.41) is 0. The Labute approximate surface area is 138 Å². The minimum atomic E-state index is 0.509. The first-order chi connectivity index (χ1) is 9.13. The van der Waals surface area contributed by atoms with Gasteiger partial charge in [0, 0.05) is 8.95 Å². The van der Waals surface area contributed by atoms with Gasteiger partial charge in [-0.3, -0.25) is 0 Å². The third kappa shape index (κ3) is 3.50. The molecule has 2 aromatic carbocycles. The van der Waals surface area contributed by atoms with Crippen LogP contribution in [0.4, 0.5) is 0 Å². The molecule has 0 N–H and O–H groups in total. The molecule has 0 aromatic heterocycles. The number of hydrogen-bond donors (Lipinski definition) is 0. The molecule has 1 nitrogen and oxygen atoms in total. The standard InChI is InChI=1S/C15H11Br3O/c1-2-10-5-3-4-6-11(10)9-19-13-8-7-12(16)14(17)15(13)18/h2-8H,1,9H2. The van der Waals surface area contributed by atoms with Crippen LogP contribution in [0.3, 0.4) is 0 Å². The highest BCUT2D eigenvalue weighted by Gasteiger charge is 2.09. The van der Waals surface area contributed by atoms with Crippen molar-refractivity contribution >= 4 is 53.9 Å². The van der Waals surface area contributed by atoms with Crippen LogP contribution in [0.2, 0.25) is 0 Å².